The number of hydrogen-bond donors (Lipinski definition) is 1. The van der Waals surface area contributed by atoms with Crippen LogP contribution in [0.1, 0.15) is 52.9 Å². The van der Waals surface area contributed by atoms with E-state index in [0.717, 1.165) is 42.5 Å². The second kappa shape index (κ2) is 11.1. The van der Waals surface area contributed by atoms with Crippen LogP contribution in [0, 0.1) is 0 Å². The molecule has 1 N–H and O–H groups in total. The third-order valence-corrected chi connectivity index (χ3v) is 10.1. The van der Waals surface area contributed by atoms with E-state index in [-0.39, 0.29) is 10.8 Å². The molecule has 29 heavy (non-hydrogen) atoms. The Morgan fingerprint density at radius 1 is 0.862 bits per heavy atom. The van der Waals surface area contributed by atoms with Gasteiger partial charge in [-0.3, -0.25) is 4.79 Å². The van der Waals surface area contributed by atoms with E-state index in [9.17, 15) is 9.59 Å². The maximum absolute atomic E-state index is 12.1. The fourth-order valence-electron chi connectivity index (χ4n) is 3.83. The van der Waals surface area contributed by atoms with Crippen molar-refractivity contribution in [2.45, 2.75) is 57.9 Å². The highest BCUT2D eigenvalue weighted by Crippen LogP contribution is 2.40. The zero-order valence-corrected chi connectivity index (χ0v) is 19.0. The number of allylic oxidation sites excluding steroid dienone is 4. The molecule has 2 aromatic carbocycles. The first-order valence-electron chi connectivity index (χ1n) is 10.5. The summed E-state index contributed by atoms with van der Waals surface area (Å²) in [5, 5.41) is 1.96. The summed E-state index contributed by atoms with van der Waals surface area (Å²) < 4.78 is 0. The van der Waals surface area contributed by atoms with E-state index in [1.54, 1.807) is 13.0 Å². The highest BCUT2D eigenvalue weighted by molar-refractivity contribution is 6.98. The molecule has 0 atom stereocenters. The SMILES string of the molecule is CC(=O)/C=C/CC/C=C/CCCC(C)(C)[Si](O)(c1ccccc1)c1ccccc1. The van der Waals surface area contributed by atoms with Crippen molar-refractivity contribution in [1.82, 2.24) is 0 Å². The van der Waals surface area contributed by atoms with Gasteiger partial charge in [0.15, 0.2) is 5.78 Å². The summed E-state index contributed by atoms with van der Waals surface area (Å²) in [4.78, 5) is 23.0. The average molecular weight is 407 g/mol. The molecular formula is C26H34O2Si. The summed E-state index contributed by atoms with van der Waals surface area (Å²) in [7, 11) is -2.89. The van der Waals surface area contributed by atoms with Crippen molar-refractivity contribution in [2.75, 3.05) is 0 Å². The molecule has 0 aliphatic rings. The predicted molar refractivity (Wildman–Crippen MR) is 126 cm³/mol. The van der Waals surface area contributed by atoms with E-state index in [4.69, 9.17) is 0 Å². The highest BCUT2D eigenvalue weighted by Gasteiger charge is 2.49. The molecule has 0 spiro atoms. The molecule has 0 unspecified atom stereocenters. The van der Waals surface area contributed by atoms with Gasteiger partial charge in [-0.05, 0) is 60.5 Å². The lowest BCUT2D eigenvalue weighted by atomic mass is 10.0. The first kappa shape index (κ1) is 23.0. The van der Waals surface area contributed by atoms with E-state index >= 15 is 0 Å². The van der Waals surface area contributed by atoms with Gasteiger partial charge < -0.3 is 4.80 Å². The standard InChI is InChI=1S/C26H34O2Si/c1-23(27)17-11-7-5-4-6-8-16-22-26(2,3)29(28,24-18-12-9-13-19-24)25-20-14-10-15-21-25/h4,6,9-15,17-21,28H,5,7-8,16,22H2,1-3H3/b6-4+,17-11+. The lowest BCUT2D eigenvalue weighted by molar-refractivity contribution is -0.112. The molecule has 2 aromatic rings. The van der Waals surface area contributed by atoms with Crippen LogP contribution in [0.5, 0.6) is 0 Å². The van der Waals surface area contributed by atoms with E-state index in [1.165, 1.54) is 0 Å². The van der Waals surface area contributed by atoms with Crippen LogP contribution in [-0.2, 0) is 4.79 Å². The molecule has 3 heteroatoms. The van der Waals surface area contributed by atoms with Crippen molar-refractivity contribution < 1.29 is 9.59 Å². The number of ketones is 1. The number of unbranched alkanes of at least 4 members (excludes halogenated alkanes) is 2. The van der Waals surface area contributed by atoms with Gasteiger partial charge in [0.2, 0.25) is 0 Å². The number of hydrogen-bond acceptors (Lipinski definition) is 2. The van der Waals surface area contributed by atoms with Crippen molar-refractivity contribution in [3.05, 3.63) is 85.0 Å². The van der Waals surface area contributed by atoms with Crippen LogP contribution >= 0.6 is 0 Å². The summed E-state index contributed by atoms with van der Waals surface area (Å²) in [6.45, 7) is 6.01. The molecule has 0 aliphatic carbocycles. The topological polar surface area (TPSA) is 37.3 Å². The van der Waals surface area contributed by atoms with Gasteiger partial charge in [-0.25, -0.2) is 0 Å². The Kier molecular flexibility index (Phi) is 8.81. The minimum Gasteiger partial charge on any atom is -0.424 e. The van der Waals surface area contributed by atoms with Crippen molar-refractivity contribution in [1.29, 1.82) is 0 Å². The van der Waals surface area contributed by atoms with Gasteiger partial charge in [-0.1, -0.05) is 92.7 Å². The second-order valence-electron chi connectivity index (χ2n) is 8.28. The van der Waals surface area contributed by atoms with Crippen molar-refractivity contribution in [2.24, 2.45) is 0 Å². The van der Waals surface area contributed by atoms with Gasteiger partial charge >= 0.3 is 0 Å². The first-order chi connectivity index (χ1) is 13.9. The molecule has 0 fully saturated rings. The van der Waals surface area contributed by atoms with Crippen LogP contribution in [0.25, 0.3) is 0 Å². The Bertz CT molecular complexity index is 768. The summed E-state index contributed by atoms with van der Waals surface area (Å²) in [5.41, 5.74) is 0. The van der Waals surface area contributed by atoms with Crippen LogP contribution in [0.15, 0.2) is 85.0 Å². The largest absolute Gasteiger partial charge is 0.424 e. The maximum atomic E-state index is 12.1. The van der Waals surface area contributed by atoms with Gasteiger partial charge in [0.25, 0.3) is 8.32 Å². The minimum atomic E-state index is -2.89. The van der Waals surface area contributed by atoms with E-state index in [1.807, 2.05) is 42.5 Å². The molecule has 0 amide bonds. The van der Waals surface area contributed by atoms with Crippen molar-refractivity contribution in [3.63, 3.8) is 0 Å². The number of rotatable bonds is 11. The van der Waals surface area contributed by atoms with E-state index < -0.39 is 8.32 Å². The molecule has 0 aliphatic heterocycles. The van der Waals surface area contributed by atoms with Crippen LogP contribution < -0.4 is 10.4 Å². The first-order valence-corrected chi connectivity index (χ1v) is 12.5. The number of benzene rings is 2. The molecule has 0 bridgehead atoms. The molecule has 0 saturated heterocycles. The molecule has 154 valence electrons. The highest BCUT2D eigenvalue weighted by atomic mass is 28.4. The molecule has 0 heterocycles. The Morgan fingerprint density at radius 3 is 1.86 bits per heavy atom. The molecule has 0 aromatic heterocycles. The van der Waals surface area contributed by atoms with E-state index in [2.05, 4.69) is 50.3 Å². The Morgan fingerprint density at radius 2 is 1.34 bits per heavy atom. The third kappa shape index (κ3) is 6.38. The summed E-state index contributed by atoms with van der Waals surface area (Å²) in [6, 6.07) is 20.4. The lowest BCUT2D eigenvalue weighted by Crippen LogP contribution is -2.65. The Labute approximate surface area is 177 Å². The second-order valence-corrected chi connectivity index (χ2v) is 12.2. The molecule has 2 rings (SSSR count). The Balaban J connectivity index is 2.03. The van der Waals surface area contributed by atoms with Gasteiger partial charge in [0.05, 0.1) is 0 Å². The normalized spacial score (nSPS) is 12.7. The van der Waals surface area contributed by atoms with Crippen molar-refractivity contribution in [3.8, 4) is 0 Å². The van der Waals surface area contributed by atoms with Gasteiger partial charge in [0.1, 0.15) is 0 Å². The lowest BCUT2D eigenvalue weighted by Gasteiger charge is -2.41. The summed E-state index contributed by atoms with van der Waals surface area (Å²) >= 11 is 0. The quantitative estimate of drug-likeness (QED) is 0.242. The fraction of sp³-hybridized carbons (Fsp3) is 0.346. The number of carbonyl (C=O) groups is 1. The number of carbonyl (C=O) groups excluding carboxylic acids is 1. The summed E-state index contributed by atoms with van der Waals surface area (Å²) in [5.74, 6) is 0.102. The van der Waals surface area contributed by atoms with Crippen LogP contribution in [0.3, 0.4) is 0 Å². The maximum Gasteiger partial charge on any atom is 0.258 e. The van der Waals surface area contributed by atoms with Gasteiger partial charge in [0, 0.05) is 0 Å². The van der Waals surface area contributed by atoms with Crippen LogP contribution in [-0.4, -0.2) is 18.9 Å². The van der Waals surface area contributed by atoms with Crippen molar-refractivity contribution >= 4 is 24.5 Å². The van der Waals surface area contributed by atoms with Crippen LogP contribution in [0.2, 0.25) is 5.04 Å². The zero-order valence-electron chi connectivity index (χ0n) is 18.0. The smallest absolute Gasteiger partial charge is 0.258 e. The third-order valence-electron chi connectivity index (χ3n) is 5.55. The molecule has 0 radical (unpaired) electrons. The summed E-state index contributed by atoms with van der Waals surface area (Å²) in [6.07, 6.45) is 12.9. The van der Waals surface area contributed by atoms with Gasteiger partial charge in [-0.2, -0.15) is 0 Å². The van der Waals surface area contributed by atoms with Gasteiger partial charge in [-0.15, -0.1) is 0 Å². The monoisotopic (exact) mass is 406 g/mol. The molecule has 2 nitrogen and oxygen atoms in total. The molecular weight excluding hydrogens is 372 g/mol. The predicted octanol–water partition coefficient (Wildman–Crippen LogP) is 5.17. The van der Waals surface area contributed by atoms with Crippen LogP contribution in [0.4, 0.5) is 0 Å². The molecule has 0 saturated carbocycles. The zero-order chi connectivity index (χ0) is 21.2. The Hall–Kier alpha value is -2.23. The average Bonchev–Trinajstić information content (AvgIpc) is 2.72. The fourth-order valence-corrected chi connectivity index (χ4v) is 7.61. The minimum absolute atomic E-state index is 0.102. The van der Waals surface area contributed by atoms with E-state index in [0.29, 0.717) is 0 Å².